The molecule has 1 fully saturated rings. The summed E-state index contributed by atoms with van der Waals surface area (Å²) >= 11 is 0. The summed E-state index contributed by atoms with van der Waals surface area (Å²) in [6, 6.07) is 18.7. The fraction of sp³-hybridized carbons (Fsp3) is 0.269. The quantitative estimate of drug-likeness (QED) is 0.491. The first-order valence-corrected chi connectivity index (χ1v) is 11.3. The highest BCUT2D eigenvalue weighted by molar-refractivity contribution is 6.02. The molecule has 2 unspecified atom stereocenters. The molecule has 0 bridgehead atoms. The number of amides is 3. The third-order valence-electron chi connectivity index (χ3n) is 5.63. The third-order valence-corrected chi connectivity index (χ3v) is 5.63. The van der Waals surface area contributed by atoms with E-state index in [1.165, 1.54) is 11.2 Å². The molecule has 4 rings (SSSR count). The van der Waals surface area contributed by atoms with Gasteiger partial charge in [0.05, 0.1) is 12.8 Å². The van der Waals surface area contributed by atoms with Crippen LogP contribution in [0.5, 0.6) is 0 Å². The van der Waals surface area contributed by atoms with Crippen molar-refractivity contribution in [2.24, 2.45) is 0 Å². The first-order chi connectivity index (χ1) is 16.9. The lowest BCUT2D eigenvalue weighted by Gasteiger charge is -2.24. The van der Waals surface area contributed by atoms with Gasteiger partial charge < -0.3 is 24.7 Å². The number of benzene rings is 2. The number of likely N-dealkylation sites (N-methyl/N-ethyl adjacent to an activating group) is 1. The summed E-state index contributed by atoms with van der Waals surface area (Å²) in [7, 11) is 3.84. The van der Waals surface area contributed by atoms with Gasteiger partial charge in [-0.2, -0.15) is 0 Å². The average molecular weight is 477 g/mol. The van der Waals surface area contributed by atoms with Crippen molar-refractivity contribution >= 4 is 23.6 Å². The van der Waals surface area contributed by atoms with Gasteiger partial charge in [0, 0.05) is 18.8 Å². The molecule has 182 valence electrons. The Morgan fingerprint density at radius 1 is 1.03 bits per heavy atom. The van der Waals surface area contributed by atoms with Crippen LogP contribution in [0, 0.1) is 0 Å². The van der Waals surface area contributed by atoms with Gasteiger partial charge in [-0.3, -0.25) is 14.5 Å². The summed E-state index contributed by atoms with van der Waals surface area (Å²) < 4.78 is 10.9. The van der Waals surface area contributed by atoms with Crippen molar-refractivity contribution in [3.63, 3.8) is 0 Å². The van der Waals surface area contributed by atoms with Crippen LogP contribution in [0.15, 0.2) is 77.4 Å². The standard InChI is InChI=1S/C26H28N4O5/c1-29(2)14-13-27-25(32)22-23(35-26(33)30(22)17-18-8-4-3-5-9-18)19-10-6-11-20(16-19)28-24(31)21-12-7-15-34-21/h3-12,15-16,22-23H,13-14,17H2,1-2H3,(H,27,32)(H,28,31). The van der Waals surface area contributed by atoms with Crippen molar-refractivity contribution in [2.45, 2.75) is 18.7 Å². The van der Waals surface area contributed by atoms with E-state index in [0.29, 0.717) is 24.3 Å². The number of cyclic esters (lactones) is 1. The first-order valence-electron chi connectivity index (χ1n) is 11.3. The van der Waals surface area contributed by atoms with Gasteiger partial charge in [-0.1, -0.05) is 42.5 Å². The SMILES string of the molecule is CN(C)CCNC(=O)C1C(c2cccc(NC(=O)c3ccco3)c2)OC(=O)N1Cc1ccccc1. The molecule has 0 spiro atoms. The molecule has 2 aromatic carbocycles. The van der Waals surface area contributed by atoms with Crippen LogP contribution in [0.25, 0.3) is 0 Å². The van der Waals surface area contributed by atoms with Gasteiger partial charge in [0.1, 0.15) is 0 Å². The highest BCUT2D eigenvalue weighted by Gasteiger charge is 2.47. The van der Waals surface area contributed by atoms with E-state index >= 15 is 0 Å². The monoisotopic (exact) mass is 476 g/mol. The zero-order chi connectivity index (χ0) is 24.8. The predicted octanol–water partition coefficient (Wildman–Crippen LogP) is 3.27. The Morgan fingerprint density at radius 2 is 1.83 bits per heavy atom. The second-order valence-electron chi connectivity index (χ2n) is 8.51. The van der Waals surface area contributed by atoms with Crippen LogP contribution < -0.4 is 10.6 Å². The van der Waals surface area contributed by atoms with E-state index in [0.717, 1.165) is 5.56 Å². The van der Waals surface area contributed by atoms with Gasteiger partial charge in [0.2, 0.25) is 5.91 Å². The van der Waals surface area contributed by atoms with Crippen LogP contribution >= 0.6 is 0 Å². The minimum atomic E-state index is -0.874. The molecule has 3 amide bonds. The van der Waals surface area contributed by atoms with E-state index in [2.05, 4.69) is 10.6 Å². The molecule has 1 aliphatic rings. The van der Waals surface area contributed by atoms with E-state index in [1.807, 2.05) is 49.3 Å². The second kappa shape index (κ2) is 10.9. The molecule has 3 aromatic rings. The molecular formula is C26H28N4O5. The van der Waals surface area contributed by atoms with E-state index in [1.54, 1.807) is 36.4 Å². The maximum atomic E-state index is 13.3. The van der Waals surface area contributed by atoms with Crippen LogP contribution in [0.2, 0.25) is 0 Å². The summed E-state index contributed by atoms with van der Waals surface area (Å²) in [6.07, 6.45) is 0.00659. The third kappa shape index (κ3) is 5.88. The van der Waals surface area contributed by atoms with Crippen molar-refractivity contribution < 1.29 is 23.5 Å². The highest BCUT2D eigenvalue weighted by atomic mass is 16.6. The maximum Gasteiger partial charge on any atom is 0.411 e. The van der Waals surface area contributed by atoms with Crippen molar-refractivity contribution in [1.29, 1.82) is 0 Å². The molecule has 35 heavy (non-hydrogen) atoms. The zero-order valence-corrected chi connectivity index (χ0v) is 19.6. The molecule has 0 saturated carbocycles. The van der Waals surface area contributed by atoms with Crippen LogP contribution in [-0.4, -0.2) is 60.9 Å². The number of ether oxygens (including phenoxy) is 1. The Morgan fingerprint density at radius 3 is 2.54 bits per heavy atom. The van der Waals surface area contributed by atoms with Crippen LogP contribution in [-0.2, 0) is 16.1 Å². The van der Waals surface area contributed by atoms with Gasteiger partial charge in [-0.25, -0.2) is 4.79 Å². The maximum absolute atomic E-state index is 13.3. The Hall–Kier alpha value is -4.11. The number of carbonyl (C=O) groups is 3. The molecule has 1 aliphatic heterocycles. The van der Waals surface area contributed by atoms with Crippen LogP contribution in [0.1, 0.15) is 27.8 Å². The summed E-state index contributed by atoms with van der Waals surface area (Å²) in [4.78, 5) is 42.0. The average Bonchev–Trinajstić information content (AvgIpc) is 3.49. The summed E-state index contributed by atoms with van der Waals surface area (Å²) in [5.41, 5.74) is 1.97. The van der Waals surface area contributed by atoms with Gasteiger partial charge in [0.25, 0.3) is 5.91 Å². The predicted molar refractivity (Wildman–Crippen MR) is 130 cm³/mol. The Kier molecular flexibility index (Phi) is 7.47. The number of hydrogen-bond acceptors (Lipinski definition) is 6. The Balaban J connectivity index is 1.58. The fourth-order valence-corrected chi connectivity index (χ4v) is 3.89. The Bertz CT molecular complexity index is 1160. The molecule has 2 atom stereocenters. The normalized spacial score (nSPS) is 17.3. The number of carbonyl (C=O) groups excluding carboxylic acids is 3. The van der Waals surface area contributed by atoms with Crippen LogP contribution in [0.4, 0.5) is 10.5 Å². The van der Waals surface area contributed by atoms with Gasteiger partial charge in [0.15, 0.2) is 17.9 Å². The number of furan rings is 1. The first kappa shape index (κ1) is 24.0. The smallest absolute Gasteiger partial charge is 0.411 e. The van der Waals surface area contributed by atoms with Gasteiger partial charge in [-0.15, -0.1) is 0 Å². The topological polar surface area (TPSA) is 104 Å². The second-order valence-corrected chi connectivity index (χ2v) is 8.51. The van der Waals surface area contributed by atoms with Gasteiger partial charge in [-0.05, 0) is 49.5 Å². The minimum absolute atomic E-state index is 0.176. The molecule has 1 aromatic heterocycles. The fourth-order valence-electron chi connectivity index (χ4n) is 3.89. The van der Waals surface area contributed by atoms with E-state index in [-0.39, 0.29) is 18.2 Å². The molecular weight excluding hydrogens is 448 g/mol. The lowest BCUT2D eigenvalue weighted by molar-refractivity contribution is -0.126. The van der Waals surface area contributed by atoms with E-state index < -0.39 is 24.1 Å². The Labute approximate surface area is 203 Å². The van der Waals surface area contributed by atoms with Crippen molar-refractivity contribution in [2.75, 3.05) is 32.5 Å². The summed E-state index contributed by atoms with van der Waals surface area (Å²) in [5, 5.41) is 5.69. The van der Waals surface area contributed by atoms with Crippen molar-refractivity contribution in [3.05, 3.63) is 89.9 Å². The molecule has 2 heterocycles. The van der Waals surface area contributed by atoms with Crippen LogP contribution in [0.3, 0.4) is 0 Å². The number of nitrogens with one attached hydrogen (secondary N) is 2. The molecule has 1 saturated heterocycles. The number of anilines is 1. The largest absolute Gasteiger partial charge is 0.459 e. The highest BCUT2D eigenvalue weighted by Crippen LogP contribution is 2.35. The summed E-state index contributed by atoms with van der Waals surface area (Å²) in [6.45, 7) is 1.32. The lowest BCUT2D eigenvalue weighted by atomic mass is 10.00. The molecule has 9 heteroatoms. The lowest BCUT2D eigenvalue weighted by Crippen LogP contribution is -2.47. The minimum Gasteiger partial charge on any atom is -0.459 e. The van der Waals surface area contributed by atoms with Crippen molar-refractivity contribution in [1.82, 2.24) is 15.1 Å². The number of hydrogen-bond donors (Lipinski definition) is 2. The molecule has 2 N–H and O–H groups in total. The zero-order valence-electron chi connectivity index (χ0n) is 19.6. The molecule has 0 aliphatic carbocycles. The van der Waals surface area contributed by atoms with E-state index in [9.17, 15) is 14.4 Å². The summed E-state index contributed by atoms with van der Waals surface area (Å²) in [5.74, 6) is -0.530. The van der Waals surface area contributed by atoms with Crippen molar-refractivity contribution in [3.8, 4) is 0 Å². The number of rotatable bonds is 9. The molecule has 9 nitrogen and oxygen atoms in total. The van der Waals surface area contributed by atoms with E-state index in [4.69, 9.17) is 9.15 Å². The van der Waals surface area contributed by atoms with Gasteiger partial charge >= 0.3 is 6.09 Å². The number of nitrogens with zero attached hydrogens (tertiary/aromatic N) is 2. The molecule has 0 radical (unpaired) electrons.